The van der Waals surface area contributed by atoms with Crippen molar-refractivity contribution in [3.05, 3.63) is 46.7 Å². The second kappa shape index (κ2) is 4.87. The maximum atomic E-state index is 11.8. The van der Waals surface area contributed by atoms with Gasteiger partial charge in [0.15, 0.2) is 0 Å². The zero-order valence-electron chi connectivity index (χ0n) is 9.94. The standard InChI is InChI=1S/C13H11Cl2N3O/c14-9-2-1-3-10(6-9)18-12(13(19)16-15)7-11(17-18)8-4-5-8/h1-3,6-8H,4-5H2,(H,16,19). The smallest absolute Gasteiger partial charge is 0.266 e. The summed E-state index contributed by atoms with van der Waals surface area (Å²) in [7, 11) is 0. The molecular weight excluding hydrogens is 285 g/mol. The molecule has 0 atom stereocenters. The highest BCUT2D eigenvalue weighted by Crippen LogP contribution is 2.39. The van der Waals surface area contributed by atoms with Gasteiger partial charge in [0.25, 0.3) is 5.91 Å². The highest BCUT2D eigenvalue weighted by molar-refractivity contribution is 6.30. The number of nitrogens with one attached hydrogen (secondary N) is 1. The number of carbonyl (C=O) groups is 1. The Bertz CT molecular complexity index is 635. The van der Waals surface area contributed by atoms with Crippen molar-refractivity contribution in [2.75, 3.05) is 0 Å². The third kappa shape index (κ3) is 2.46. The van der Waals surface area contributed by atoms with Crippen LogP contribution >= 0.6 is 23.4 Å². The van der Waals surface area contributed by atoms with Crippen molar-refractivity contribution in [3.8, 4) is 5.69 Å². The molecule has 0 bridgehead atoms. The molecule has 4 nitrogen and oxygen atoms in total. The average molecular weight is 296 g/mol. The highest BCUT2D eigenvalue weighted by atomic mass is 35.5. The number of hydrogen-bond donors (Lipinski definition) is 1. The van der Waals surface area contributed by atoms with Crippen molar-refractivity contribution in [1.82, 2.24) is 14.6 Å². The number of carbonyl (C=O) groups excluding carboxylic acids is 1. The molecule has 19 heavy (non-hydrogen) atoms. The zero-order valence-corrected chi connectivity index (χ0v) is 11.4. The van der Waals surface area contributed by atoms with Crippen molar-refractivity contribution in [2.45, 2.75) is 18.8 Å². The van der Waals surface area contributed by atoms with Crippen LogP contribution < -0.4 is 4.84 Å². The van der Waals surface area contributed by atoms with Crippen molar-refractivity contribution in [3.63, 3.8) is 0 Å². The summed E-state index contributed by atoms with van der Waals surface area (Å²) >= 11 is 11.4. The van der Waals surface area contributed by atoms with E-state index in [2.05, 4.69) is 9.93 Å². The second-order valence-corrected chi connectivity index (χ2v) is 5.17. The summed E-state index contributed by atoms with van der Waals surface area (Å²) in [4.78, 5) is 13.9. The molecule has 1 aromatic heterocycles. The van der Waals surface area contributed by atoms with E-state index < -0.39 is 0 Å². The number of halogens is 2. The molecule has 1 aliphatic carbocycles. The van der Waals surface area contributed by atoms with Crippen LogP contribution in [0.2, 0.25) is 5.02 Å². The van der Waals surface area contributed by atoms with Gasteiger partial charge in [0.2, 0.25) is 0 Å². The number of rotatable bonds is 3. The molecule has 0 unspecified atom stereocenters. The van der Waals surface area contributed by atoms with Gasteiger partial charge in [0, 0.05) is 22.7 Å². The van der Waals surface area contributed by atoms with E-state index in [9.17, 15) is 4.79 Å². The van der Waals surface area contributed by atoms with E-state index in [1.165, 1.54) is 0 Å². The summed E-state index contributed by atoms with van der Waals surface area (Å²) in [6, 6.07) is 8.99. The molecule has 0 spiro atoms. The van der Waals surface area contributed by atoms with Crippen molar-refractivity contribution >= 4 is 29.3 Å². The van der Waals surface area contributed by atoms with Crippen LogP contribution in [0.1, 0.15) is 34.9 Å². The minimum absolute atomic E-state index is 0.374. The highest BCUT2D eigenvalue weighted by Gasteiger charge is 2.28. The maximum absolute atomic E-state index is 11.8. The van der Waals surface area contributed by atoms with Crippen LogP contribution in [0.3, 0.4) is 0 Å². The SMILES string of the molecule is O=C(NCl)c1cc(C2CC2)nn1-c1cccc(Cl)c1. The van der Waals surface area contributed by atoms with Crippen LogP contribution in [-0.4, -0.2) is 15.7 Å². The topological polar surface area (TPSA) is 46.9 Å². The molecule has 1 heterocycles. The van der Waals surface area contributed by atoms with Crippen LogP contribution in [-0.2, 0) is 0 Å². The summed E-state index contributed by atoms with van der Waals surface area (Å²) < 4.78 is 1.58. The Kier molecular flexibility index (Phi) is 3.21. The number of nitrogens with zero attached hydrogens (tertiary/aromatic N) is 2. The first-order valence-electron chi connectivity index (χ1n) is 5.96. The van der Waals surface area contributed by atoms with Crippen molar-refractivity contribution < 1.29 is 4.79 Å². The molecule has 1 aliphatic rings. The van der Waals surface area contributed by atoms with Crippen LogP contribution in [0, 0.1) is 0 Å². The Balaban J connectivity index is 2.10. The van der Waals surface area contributed by atoms with Crippen molar-refractivity contribution in [2.24, 2.45) is 0 Å². The van der Waals surface area contributed by atoms with Gasteiger partial charge in [-0.2, -0.15) is 5.10 Å². The first kappa shape index (κ1) is 12.5. The summed E-state index contributed by atoms with van der Waals surface area (Å²) in [6.45, 7) is 0. The largest absolute Gasteiger partial charge is 0.284 e. The molecule has 1 saturated carbocycles. The molecule has 1 amide bonds. The van der Waals surface area contributed by atoms with Gasteiger partial charge < -0.3 is 0 Å². The molecule has 0 aliphatic heterocycles. The van der Waals surface area contributed by atoms with Gasteiger partial charge in [0.1, 0.15) is 5.69 Å². The molecule has 2 aromatic rings. The van der Waals surface area contributed by atoms with Gasteiger partial charge in [-0.05, 0) is 37.1 Å². The fourth-order valence-corrected chi connectivity index (χ4v) is 2.27. The van der Waals surface area contributed by atoms with E-state index in [0.29, 0.717) is 16.6 Å². The number of amides is 1. The number of benzene rings is 1. The molecule has 0 saturated heterocycles. The second-order valence-electron chi connectivity index (χ2n) is 4.54. The van der Waals surface area contributed by atoms with Crippen LogP contribution in [0.15, 0.2) is 30.3 Å². The Morgan fingerprint density at radius 1 is 1.37 bits per heavy atom. The molecule has 1 fully saturated rings. The minimum atomic E-state index is -0.374. The maximum Gasteiger partial charge on any atom is 0.284 e. The average Bonchev–Trinajstić information content (AvgIpc) is 3.17. The van der Waals surface area contributed by atoms with Gasteiger partial charge in [-0.1, -0.05) is 17.7 Å². The van der Waals surface area contributed by atoms with Crippen LogP contribution in [0.25, 0.3) is 5.69 Å². The lowest BCUT2D eigenvalue weighted by atomic mass is 10.2. The third-order valence-corrected chi connectivity index (χ3v) is 3.50. The van der Waals surface area contributed by atoms with E-state index in [1.54, 1.807) is 22.9 Å². The number of aromatic nitrogens is 2. The Morgan fingerprint density at radius 2 is 2.16 bits per heavy atom. The molecule has 1 N–H and O–H groups in total. The first-order valence-corrected chi connectivity index (χ1v) is 6.71. The normalized spacial score (nSPS) is 14.4. The van der Waals surface area contributed by atoms with E-state index >= 15 is 0 Å². The molecule has 1 aromatic carbocycles. The van der Waals surface area contributed by atoms with Crippen LogP contribution in [0.5, 0.6) is 0 Å². The van der Waals surface area contributed by atoms with Crippen molar-refractivity contribution in [1.29, 1.82) is 0 Å². The lowest BCUT2D eigenvalue weighted by molar-refractivity contribution is 0.0974. The third-order valence-electron chi connectivity index (χ3n) is 3.10. The lowest BCUT2D eigenvalue weighted by Gasteiger charge is -2.05. The van der Waals surface area contributed by atoms with E-state index in [1.807, 2.05) is 12.1 Å². The molecule has 6 heteroatoms. The van der Waals surface area contributed by atoms with E-state index in [0.717, 1.165) is 24.2 Å². The predicted octanol–water partition coefficient (Wildman–Crippen LogP) is 3.29. The summed E-state index contributed by atoms with van der Waals surface area (Å²) in [5, 5.41) is 5.09. The first-order chi connectivity index (χ1) is 9.19. The van der Waals surface area contributed by atoms with E-state index in [-0.39, 0.29) is 5.91 Å². The minimum Gasteiger partial charge on any atom is -0.266 e. The summed E-state index contributed by atoms with van der Waals surface area (Å²) in [6.07, 6.45) is 2.24. The Morgan fingerprint density at radius 3 is 2.79 bits per heavy atom. The fraction of sp³-hybridized carbons (Fsp3) is 0.231. The lowest BCUT2D eigenvalue weighted by Crippen LogP contribution is -2.17. The summed E-state index contributed by atoms with van der Waals surface area (Å²) in [5.41, 5.74) is 2.09. The number of hydrogen-bond acceptors (Lipinski definition) is 2. The van der Waals surface area contributed by atoms with Gasteiger partial charge in [-0.15, -0.1) is 0 Å². The molecule has 98 valence electrons. The molecule has 3 rings (SSSR count). The molecule has 0 radical (unpaired) electrons. The molecular formula is C13H11Cl2N3O. The van der Waals surface area contributed by atoms with E-state index in [4.69, 9.17) is 23.4 Å². The Hall–Kier alpha value is -1.52. The fourth-order valence-electron chi connectivity index (χ4n) is 1.99. The van der Waals surface area contributed by atoms with Gasteiger partial charge in [-0.25, -0.2) is 4.68 Å². The van der Waals surface area contributed by atoms with Gasteiger partial charge in [-0.3, -0.25) is 9.63 Å². The quantitative estimate of drug-likeness (QED) is 0.883. The summed E-state index contributed by atoms with van der Waals surface area (Å²) in [5.74, 6) is 0.0864. The van der Waals surface area contributed by atoms with Gasteiger partial charge in [0.05, 0.1) is 11.4 Å². The predicted molar refractivity (Wildman–Crippen MR) is 73.9 cm³/mol. The monoisotopic (exact) mass is 295 g/mol. The van der Waals surface area contributed by atoms with Crippen LogP contribution in [0.4, 0.5) is 0 Å². The zero-order chi connectivity index (χ0) is 13.4. The Labute approximate surface area is 120 Å². The van der Waals surface area contributed by atoms with Gasteiger partial charge >= 0.3 is 0 Å².